The molecule has 0 spiro atoms. The van der Waals surface area contributed by atoms with Gasteiger partial charge >= 0.3 is 4.87 Å². The van der Waals surface area contributed by atoms with Crippen LogP contribution in [0.5, 0.6) is 0 Å². The van der Waals surface area contributed by atoms with Gasteiger partial charge in [0.05, 0.1) is 27.9 Å². The average molecular weight is 363 g/mol. The number of nitrogens with zero attached hydrogens (tertiary/aromatic N) is 5. The van der Waals surface area contributed by atoms with Crippen molar-refractivity contribution in [3.63, 3.8) is 0 Å². The third kappa shape index (κ3) is 2.74. The Morgan fingerprint density at radius 3 is 2.54 bits per heavy atom. The normalized spacial score (nSPS) is 14.8. The van der Waals surface area contributed by atoms with Crippen LogP contribution in [0.1, 0.15) is 22.7 Å². The maximum absolute atomic E-state index is 12.0. The van der Waals surface area contributed by atoms with Crippen molar-refractivity contribution in [1.82, 2.24) is 14.5 Å². The van der Waals surface area contributed by atoms with Gasteiger partial charge in [-0.1, -0.05) is 29.5 Å². The van der Waals surface area contributed by atoms with Crippen molar-refractivity contribution >= 4 is 27.9 Å². The van der Waals surface area contributed by atoms with Gasteiger partial charge in [0.15, 0.2) is 0 Å². The summed E-state index contributed by atoms with van der Waals surface area (Å²) in [6.07, 6.45) is 1.80. The molecule has 0 saturated carbocycles. The molecule has 130 valence electrons. The second kappa shape index (κ2) is 6.32. The van der Waals surface area contributed by atoms with Crippen LogP contribution in [-0.4, -0.2) is 34.5 Å². The molecule has 1 atom stereocenters. The minimum absolute atomic E-state index is 0.0333. The van der Waals surface area contributed by atoms with Crippen LogP contribution in [0.15, 0.2) is 52.4 Å². The van der Waals surface area contributed by atoms with Gasteiger partial charge in [-0.3, -0.25) is 9.80 Å². The Balaban J connectivity index is 1.83. The summed E-state index contributed by atoms with van der Waals surface area (Å²) < 4.78 is 2.63. The molecule has 0 saturated heterocycles. The standard InChI is InChI=1S/C19H17N5OS/c1-22-11-21-24(12-22)18(14-5-3-13(10-20)4-6-14)15-7-8-16-17(9-15)26-19(25)23(16)2/h3-9,11,18H,12H2,1-2H3. The third-order valence-electron chi connectivity index (χ3n) is 4.55. The smallest absolute Gasteiger partial charge is 0.307 e. The first-order valence-corrected chi connectivity index (χ1v) is 8.99. The Labute approximate surface area is 154 Å². The molecule has 1 unspecified atom stereocenters. The van der Waals surface area contributed by atoms with E-state index in [0.717, 1.165) is 21.3 Å². The molecule has 0 bridgehead atoms. The summed E-state index contributed by atoms with van der Waals surface area (Å²) in [5.74, 6) is 0. The molecule has 1 aliphatic rings. The Kier molecular flexibility index (Phi) is 3.98. The zero-order valence-corrected chi connectivity index (χ0v) is 15.3. The van der Waals surface area contributed by atoms with Gasteiger partial charge in [-0.05, 0) is 35.4 Å². The van der Waals surface area contributed by atoms with Crippen LogP contribution in [0.25, 0.3) is 10.2 Å². The molecule has 0 fully saturated rings. The lowest BCUT2D eigenvalue weighted by Gasteiger charge is -2.28. The first-order chi connectivity index (χ1) is 12.6. The summed E-state index contributed by atoms with van der Waals surface area (Å²) in [6.45, 7) is 0.674. The van der Waals surface area contributed by atoms with Crippen LogP contribution < -0.4 is 4.87 Å². The van der Waals surface area contributed by atoms with Gasteiger partial charge in [-0.15, -0.1) is 0 Å². The maximum Gasteiger partial charge on any atom is 0.307 e. The van der Waals surface area contributed by atoms with Gasteiger partial charge in [-0.25, -0.2) is 0 Å². The van der Waals surface area contributed by atoms with E-state index in [4.69, 9.17) is 5.26 Å². The number of rotatable bonds is 3. The summed E-state index contributed by atoms with van der Waals surface area (Å²) in [6, 6.07) is 15.8. The molecule has 26 heavy (non-hydrogen) atoms. The Morgan fingerprint density at radius 1 is 1.15 bits per heavy atom. The van der Waals surface area contributed by atoms with Crippen LogP contribution >= 0.6 is 11.3 Å². The summed E-state index contributed by atoms with van der Waals surface area (Å²) in [4.78, 5) is 14.0. The van der Waals surface area contributed by atoms with E-state index in [2.05, 4.69) is 17.2 Å². The first-order valence-electron chi connectivity index (χ1n) is 8.17. The van der Waals surface area contributed by atoms with Gasteiger partial charge in [0.1, 0.15) is 13.0 Å². The van der Waals surface area contributed by atoms with E-state index in [1.165, 1.54) is 11.3 Å². The van der Waals surface area contributed by atoms with Gasteiger partial charge in [0.25, 0.3) is 0 Å². The van der Waals surface area contributed by atoms with E-state index in [9.17, 15) is 4.79 Å². The van der Waals surface area contributed by atoms with Crippen molar-refractivity contribution in [2.24, 2.45) is 12.1 Å². The van der Waals surface area contributed by atoms with Crippen molar-refractivity contribution in [2.45, 2.75) is 6.04 Å². The molecular formula is C19H17N5OS. The molecule has 0 radical (unpaired) electrons. The number of hydrogen-bond acceptors (Lipinski definition) is 6. The zero-order valence-electron chi connectivity index (χ0n) is 14.5. The maximum atomic E-state index is 12.0. The number of thiazole rings is 1. The molecule has 7 heteroatoms. The van der Waals surface area contributed by atoms with Gasteiger partial charge < -0.3 is 9.47 Å². The molecule has 1 aromatic heterocycles. The number of aromatic nitrogens is 1. The first kappa shape index (κ1) is 16.4. The van der Waals surface area contributed by atoms with E-state index in [0.29, 0.717) is 12.2 Å². The van der Waals surface area contributed by atoms with Crippen molar-refractivity contribution in [3.05, 3.63) is 68.8 Å². The third-order valence-corrected chi connectivity index (χ3v) is 5.55. The average Bonchev–Trinajstić information content (AvgIpc) is 3.19. The van der Waals surface area contributed by atoms with Crippen LogP contribution in [0.4, 0.5) is 0 Å². The number of hydrazone groups is 1. The molecule has 3 aromatic rings. The van der Waals surface area contributed by atoms with E-state index >= 15 is 0 Å². The van der Waals surface area contributed by atoms with Gasteiger partial charge in [-0.2, -0.15) is 10.4 Å². The van der Waals surface area contributed by atoms with Crippen molar-refractivity contribution in [2.75, 3.05) is 13.7 Å². The number of benzene rings is 2. The molecule has 1 aliphatic heterocycles. The highest BCUT2D eigenvalue weighted by Gasteiger charge is 2.25. The predicted octanol–water partition coefficient (Wildman–Crippen LogP) is 2.71. The van der Waals surface area contributed by atoms with E-state index in [-0.39, 0.29) is 10.9 Å². The van der Waals surface area contributed by atoms with Crippen molar-refractivity contribution in [3.8, 4) is 6.07 Å². The van der Waals surface area contributed by atoms with Crippen molar-refractivity contribution < 1.29 is 0 Å². The number of hydrogen-bond donors (Lipinski definition) is 0. The lowest BCUT2D eigenvalue weighted by atomic mass is 9.97. The summed E-state index contributed by atoms with van der Waals surface area (Å²) in [5.41, 5.74) is 3.69. The monoisotopic (exact) mass is 363 g/mol. The predicted molar refractivity (Wildman–Crippen MR) is 103 cm³/mol. The highest BCUT2D eigenvalue weighted by Crippen LogP contribution is 2.33. The SMILES string of the molecule is CN1C=NN(C(c2ccc(C#N)cc2)c2ccc3c(c2)sc(=O)n3C)C1. The number of aryl methyl sites for hydroxylation is 1. The fourth-order valence-electron chi connectivity index (χ4n) is 3.20. The molecule has 0 N–H and O–H groups in total. The fourth-order valence-corrected chi connectivity index (χ4v) is 4.13. The highest BCUT2D eigenvalue weighted by atomic mass is 32.1. The van der Waals surface area contributed by atoms with Gasteiger partial charge in [0.2, 0.25) is 0 Å². The molecule has 0 amide bonds. The highest BCUT2D eigenvalue weighted by molar-refractivity contribution is 7.16. The van der Waals surface area contributed by atoms with Crippen LogP contribution in [0, 0.1) is 11.3 Å². The van der Waals surface area contributed by atoms with Crippen LogP contribution in [-0.2, 0) is 7.05 Å². The fraction of sp³-hybridized carbons (Fsp3) is 0.211. The van der Waals surface area contributed by atoms with E-state index in [1.807, 2.05) is 53.4 Å². The largest absolute Gasteiger partial charge is 0.345 e. The van der Waals surface area contributed by atoms with Crippen molar-refractivity contribution in [1.29, 1.82) is 5.26 Å². The minimum Gasteiger partial charge on any atom is -0.345 e. The van der Waals surface area contributed by atoms with Gasteiger partial charge in [0, 0.05) is 14.1 Å². The summed E-state index contributed by atoms with van der Waals surface area (Å²) in [7, 11) is 3.77. The molecule has 2 aromatic carbocycles. The van der Waals surface area contributed by atoms with Crippen LogP contribution in [0.2, 0.25) is 0 Å². The minimum atomic E-state index is -0.0872. The lowest BCUT2D eigenvalue weighted by Crippen LogP contribution is -2.28. The lowest BCUT2D eigenvalue weighted by molar-refractivity contribution is 0.209. The topological polar surface area (TPSA) is 64.6 Å². The summed E-state index contributed by atoms with van der Waals surface area (Å²) >= 11 is 1.25. The van der Waals surface area contributed by atoms with Crippen LogP contribution in [0.3, 0.4) is 0 Å². The second-order valence-electron chi connectivity index (χ2n) is 6.36. The Hall–Kier alpha value is -3.11. The Bertz CT molecular complexity index is 1090. The van der Waals surface area contributed by atoms with E-state index in [1.54, 1.807) is 18.0 Å². The molecule has 0 aliphatic carbocycles. The van der Waals surface area contributed by atoms with E-state index < -0.39 is 0 Å². The second-order valence-corrected chi connectivity index (χ2v) is 7.35. The Morgan fingerprint density at radius 2 is 1.88 bits per heavy atom. The zero-order chi connectivity index (χ0) is 18.3. The molecule has 4 rings (SSSR count). The number of fused-ring (bicyclic) bond motifs is 1. The number of nitriles is 1. The summed E-state index contributed by atoms with van der Waals surface area (Å²) in [5, 5.41) is 15.6. The molecule has 2 heterocycles. The quantitative estimate of drug-likeness (QED) is 0.718. The molecular weight excluding hydrogens is 346 g/mol. The molecule has 6 nitrogen and oxygen atoms in total.